The number of H-pyrrole nitrogens is 1. The maximum Gasteiger partial charge on any atom is 0.274 e. The molecule has 0 saturated carbocycles. The molecule has 0 bridgehead atoms. The van der Waals surface area contributed by atoms with Crippen molar-refractivity contribution in [1.29, 1.82) is 0 Å². The molecule has 0 saturated heterocycles. The summed E-state index contributed by atoms with van der Waals surface area (Å²) in [4.78, 5) is 18.2. The molecule has 2 aromatic rings. The first kappa shape index (κ1) is 12.2. The zero-order chi connectivity index (χ0) is 13.0. The van der Waals surface area contributed by atoms with E-state index in [0.717, 1.165) is 12.0 Å². The number of hydrogen-bond acceptors (Lipinski definition) is 4. The van der Waals surface area contributed by atoms with E-state index < -0.39 is 0 Å². The van der Waals surface area contributed by atoms with Crippen molar-refractivity contribution >= 4 is 5.69 Å². The van der Waals surface area contributed by atoms with Crippen molar-refractivity contribution in [3.8, 4) is 17.1 Å². The fourth-order valence-electron chi connectivity index (χ4n) is 1.54. The van der Waals surface area contributed by atoms with Crippen LogP contribution in [0.15, 0.2) is 35.3 Å². The first-order valence-electron chi connectivity index (χ1n) is 5.79. The quantitative estimate of drug-likeness (QED) is 0.860. The third-order valence-electron chi connectivity index (χ3n) is 2.43. The van der Waals surface area contributed by atoms with E-state index in [1.807, 2.05) is 31.2 Å². The number of nitrogens with zero attached hydrogens (tertiary/aromatic N) is 1. The number of nitrogens with one attached hydrogen (secondary N) is 1. The summed E-state index contributed by atoms with van der Waals surface area (Å²) in [7, 11) is 0. The molecule has 94 valence electrons. The van der Waals surface area contributed by atoms with Gasteiger partial charge in [0, 0.05) is 0 Å². The van der Waals surface area contributed by atoms with Crippen molar-refractivity contribution in [2.75, 3.05) is 12.3 Å². The Morgan fingerprint density at radius 1 is 1.39 bits per heavy atom. The molecule has 0 atom stereocenters. The van der Waals surface area contributed by atoms with Crippen LogP contribution in [0, 0.1) is 0 Å². The molecule has 1 aromatic heterocycles. The van der Waals surface area contributed by atoms with Gasteiger partial charge >= 0.3 is 0 Å². The van der Waals surface area contributed by atoms with Gasteiger partial charge in [0.2, 0.25) is 0 Å². The van der Waals surface area contributed by atoms with Crippen molar-refractivity contribution < 1.29 is 4.74 Å². The lowest BCUT2D eigenvalue weighted by atomic mass is 10.2. The van der Waals surface area contributed by atoms with Crippen LogP contribution in [0.2, 0.25) is 0 Å². The van der Waals surface area contributed by atoms with Crippen molar-refractivity contribution in [2.24, 2.45) is 0 Å². The van der Waals surface area contributed by atoms with Crippen molar-refractivity contribution in [3.63, 3.8) is 0 Å². The van der Waals surface area contributed by atoms with Crippen molar-refractivity contribution in [2.45, 2.75) is 13.3 Å². The minimum atomic E-state index is -0.342. The Bertz CT molecular complexity index is 593. The van der Waals surface area contributed by atoms with E-state index in [9.17, 15) is 4.79 Å². The lowest BCUT2D eigenvalue weighted by molar-refractivity contribution is 0.318. The lowest BCUT2D eigenvalue weighted by Crippen LogP contribution is -2.13. The highest BCUT2D eigenvalue weighted by atomic mass is 16.5. The zero-order valence-corrected chi connectivity index (χ0v) is 10.1. The molecule has 0 amide bonds. The molecule has 0 unspecified atom stereocenters. The molecule has 0 spiro atoms. The normalized spacial score (nSPS) is 10.3. The predicted octanol–water partition coefficient (Wildman–Crippen LogP) is 1.81. The van der Waals surface area contributed by atoms with Gasteiger partial charge in [-0.15, -0.1) is 0 Å². The standard InChI is InChI=1S/C13H15N3O2/c1-2-7-18-11-6-4-3-5-9(11)12-15-8-10(14)13(17)16-12/h3-6,8H,2,7,14H2,1H3,(H,15,16,17). The van der Waals surface area contributed by atoms with Crippen molar-refractivity contribution in [1.82, 2.24) is 9.97 Å². The van der Waals surface area contributed by atoms with Gasteiger partial charge in [-0.05, 0) is 18.6 Å². The first-order valence-corrected chi connectivity index (χ1v) is 5.79. The maximum absolute atomic E-state index is 11.5. The number of para-hydroxylation sites is 1. The monoisotopic (exact) mass is 245 g/mol. The van der Waals surface area contributed by atoms with Crippen LogP contribution in [0.1, 0.15) is 13.3 Å². The topological polar surface area (TPSA) is 81.0 Å². The van der Waals surface area contributed by atoms with Gasteiger partial charge in [-0.25, -0.2) is 4.98 Å². The van der Waals surface area contributed by atoms with Crippen LogP contribution in [-0.4, -0.2) is 16.6 Å². The molecular formula is C13H15N3O2. The number of aromatic amines is 1. The number of rotatable bonds is 4. The zero-order valence-electron chi connectivity index (χ0n) is 10.1. The molecule has 1 heterocycles. The van der Waals surface area contributed by atoms with Crippen LogP contribution in [0.4, 0.5) is 5.69 Å². The van der Waals surface area contributed by atoms with Crippen LogP contribution in [0.3, 0.4) is 0 Å². The molecule has 0 radical (unpaired) electrons. The fraction of sp³-hybridized carbons (Fsp3) is 0.231. The van der Waals surface area contributed by atoms with Gasteiger partial charge in [0.05, 0.1) is 18.4 Å². The van der Waals surface area contributed by atoms with Crippen LogP contribution < -0.4 is 16.0 Å². The molecule has 3 N–H and O–H groups in total. The summed E-state index contributed by atoms with van der Waals surface area (Å²) < 4.78 is 5.62. The minimum absolute atomic E-state index is 0.103. The molecule has 0 aliphatic carbocycles. The second-order valence-corrected chi connectivity index (χ2v) is 3.86. The summed E-state index contributed by atoms with van der Waals surface area (Å²) in [5.74, 6) is 1.16. The summed E-state index contributed by atoms with van der Waals surface area (Å²) in [6.07, 6.45) is 2.27. The second-order valence-electron chi connectivity index (χ2n) is 3.86. The number of benzene rings is 1. The first-order chi connectivity index (χ1) is 8.72. The van der Waals surface area contributed by atoms with Gasteiger partial charge in [0.15, 0.2) is 0 Å². The summed E-state index contributed by atoms with van der Waals surface area (Å²) in [6, 6.07) is 7.44. The van der Waals surface area contributed by atoms with Crippen LogP contribution in [-0.2, 0) is 0 Å². The summed E-state index contributed by atoms with van der Waals surface area (Å²) >= 11 is 0. The average molecular weight is 245 g/mol. The third-order valence-corrected chi connectivity index (χ3v) is 2.43. The van der Waals surface area contributed by atoms with Gasteiger partial charge in [-0.3, -0.25) is 4.79 Å². The molecule has 5 heteroatoms. The molecule has 18 heavy (non-hydrogen) atoms. The lowest BCUT2D eigenvalue weighted by Gasteiger charge is -2.09. The van der Waals surface area contributed by atoms with E-state index in [-0.39, 0.29) is 11.2 Å². The Hall–Kier alpha value is -2.30. The number of hydrogen-bond donors (Lipinski definition) is 2. The van der Waals surface area contributed by atoms with Gasteiger partial charge < -0.3 is 15.5 Å². The maximum atomic E-state index is 11.5. The summed E-state index contributed by atoms with van der Waals surface area (Å²) in [5.41, 5.74) is 5.96. The Kier molecular flexibility index (Phi) is 3.62. The number of nitrogen functional groups attached to an aromatic ring is 1. The largest absolute Gasteiger partial charge is 0.493 e. The van der Waals surface area contributed by atoms with E-state index >= 15 is 0 Å². The number of ether oxygens (including phenoxy) is 1. The minimum Gasteiger partial charge on any atom is -0.493 e. The van der Waals surface area contributed by atoms with Gasteiger partial charge in [-0.2, -0.15) is 0 Å². The Balaban J connectivity index is 2.43. The second kappa shape index (κ2) is 5.35. The third kappa shape index (κ3) is 2.51. The van der Waals surface area contributed by atoms with E-state index in [1.165, 1.54) is 6.20 Å². The Morgan fingerprint density at radius 3 is 2.89 bits per heavy atom. The van der Waals surface area contributed by atoms with Gasteiger partial charge in [0.25, 0.3) is 5.56 Å². The van der Waals surface area contributed by atoms with E-state index in [2.05, 4.69) is 9.97 Å². The molecule has 0 fully saturated rings. The van der Waals surface area contributed by atoms with Crippen LogP contribution >= 0.6 is 0 Å². The molecule has 0 aliphatic rings. The predicted molar refractivity (Wildman–Crippen MR) is 70.5 cm³/mol. The Labute approximate surface area is 105 Å². The van der Waals surface area contributed by atoms with E-state index in [1.54, 1.807) is 0 Å². The molecule has 0 aliphatic heterocycles. The smallest absolute Gasteiger partial charge is 0.274 e. The molecule has 2 rings (SSSR count). The Morgan fingerprint density at radius 2 is 2.17 bits per heavy atom. The van der Waals surface area contributed by atoms with Crippen molar-refractivity contribution in [3.05, 3.63) is 40.8 Å². The van der Waals surface area contributed by atoms with E-state index in [4.69, 9.17) is 10.5 Å². The van der Waals surface area contributed by atoms with Gasteiger partial charge in [0.1, 0.15) is 17.3 Å². The van der Waals surface area contributed by atoms with Gasteiger partial charge in [-0.1, -0.05) is 19.1 Å². The molecular weight excluding hydrogens is 230 g/mol. The van der Waals surface area contributed by atoms with E-state index in [0.29, 0.717) is 18.2 Å². The number of anilines is 1. The number of aromatic nitrogens is 2. The highest BCUT2D eigenvalue weighted by molar-refractivity contribution is 5.64. The molecule has 5 nitrogen and oxygen atoms in total. The summed E-state index contributed by atoms with van der Waals surface area (Å²) in [5, 5.41) is 0. The molecule has 1 aromatic carbocycles. The number of nitrogens with two attached hydrogens (primary N) is 1. The highest BCUT2D eigenvalue weighted by Gasteiger charge is 2.08. The van der Waals surface area contributed by atoms with Crippen LogP contribution in [0.25, 0.3) is 11.4 Å². The highest BCUT2D eigenvalue weighted by Crippen LogP contribution is 2.26. The summed E-state index contributed by atoms with van der Waals surface area (Å²) in [6.45, 7) is 2.65. The average Bonchev–Trinajstić information content (AvgIpc) is 2.40. The van der Waals surface area contributed by atoms with Crippen LogP contribution in [0.5, 0.6) is 5.75 Å². The fourth-order valence-corrected chi connectivity index (χ4v) is 1.54. The SMILES string of the molecule is CCCOc1ccccc1-c1ncc(N)c(=O)[nH]1.